The Morgan fingerprint density at radius 2 is 0.900 bits per heavy atom. The summed E-state index contributed by atoms with van der Waals surface area (Å²) in [5, 5.41) is 4.97. The maximum Gasteiger partial charge on any atom is 0.0468 e. The molecule has 0 aromatic heterocycles. The zero-order valence-electron chi connectivity index (χ0n) is 22.1. The first-order valence-corrected chi connectivity index (χ1v) is 13.9. The van der Waals surface area contributed by atoms with Gasteiger partial charge < -0.3 is 4.90 Å². The van der Waals surface area contributed by atoms with Gasteiger partial charge >= 0.3 is 0 Å². The molecule has 0 fully saturated rings. The van der Waals surface area contributed by atoms with Crippen LogP contribution in [-0.4, -0.2) is 0 Å². The van der Waals surface area contributed by atoms with Crippen LogP contribution in [-0.2, 0) is 6.42 Å². The lowest BCUT2D eigenvalue weighted by atomic mass is 9.95. The van der Waals surface area contributed by atoms with Crippen LogP contribution in [0.3, 0.4) is 0 Å². The van der Waals surface area contributed by atoms with E-state index in [1.165, 1.54) is 54.9 Å². The van der Waals surface area contributed by atoms with Gasteiger partial charge in [-0.2, -0.15) is 0 Å². The summed E-state index contributed by atoms with van der Waals surface area (Å²) in [6.45, 7) is 0. The van der Waals surface area contributed by atoms with Gasteiger partial charge in [-0.05, 0) is 97.7 Å². The first-order valence-electron chi connectivity index (χ1n) is 13.9. The molecule has 0 aliphatic heterocycles. The molecule has 1 nitrogen and oxygen atoms in total. The van der Waals surface area contributed by atoms with Gasteiger partial charge in [-0.3, -0.25) is 0 Å². The monoisotopic (exact) mass is 509 g/mol. The summed E-state index contributed by atoms with van der Waals surface area (Å²) in [5.41, 5.74) is 11.6. The van der Waals surface area contributed by atoms with Crippen LogP contribution in [0, 0.1) is 0 Å². The number of anilines is 3. The third kappa shape index (κ3) is 3.79. The summed E-state index contributed by atoms with van der Waals surface area (Å²) >= 11 is 0. The largest absolute Gasteiger partial charge is 0.310 e. The highest BCUT2D eigenvalue weighted by atomic mass is 15.1. The minimum atomic E-state index is 0.990. The molecule has 0 spiro atoms. The lowest BCUT2D eigenvalue weighted by Crippen LogP contribution is -2.10. The van der Waals surface area contributed by atoms with Crippen LogP contribution >= 0.6 is 0 Å². The lowest BCUT2D eigenvalue weighted by molar-refractivity contribution is 1.26. The Labute approximate surface area is 234 Å². The van der Waals surface area contributed by atoms with Gasteiger partial charge in [0.1, 0.15) is 0 Å². The van der Waals surface area contributed by atoms with E-state index in [0.29, 0.717) is 0 Å². The fraction of sp³-hybridized carbons (Fsp3) is 0.0256. The van der Waals surface area contributed by atoms with E-state index in [1.54, 1.807) is 0 Å². The van der Waals surface area contributed by atoms with Crippen LogP contribution < -0.4 is 4.90 Å². The molecule has 7 aromatic carbocycles. The van der Waals surface area contributed by atoms with Crippen molar-refractivity contribution in [2.45, 2.75) is 6.42 Å². The average molecular weight is 510 g/mol. The minimum Gasteiger partial charge on any atom is -0.310 e. The van der Waals surface area contributed by atoms with E-state index >= 15 is 0 Å². The summed E-state index contributed by atoms with van der Waals surface area (Å²) in [6, 6.07) is 55.2. The Balaban J connectivity index is 1.24. The standard InChI is InChI=1S/C39H27N/c1-3-10-30-24-34(22-16-27(30)8-1)40(35-23-17-28-9-2-4-11-31(28)25-35)33-20-18-29(19-21-33)36-14-7-15-38-37-13-6-5-12-32(37)26-39(36)38/h1-25H,26H2. The molecular weight excluding hydrogens is 482 g/mol. The van der Waals surface area contributed by atoms with Crippen molar-refractivity contribution in [3.05, 3.63) is 163 Å². The van der Waals surface area contributed by atoms with E-state index in [9.17, 15) is 0 Å². The van der Waals surface area contributed by atoms with Crippen molar-refractivity contribution in [2.24, 2.45) is 0 Å². The third-order valence-corrected chi connectivity index (χ3v) is 8.27. The van der Waals surface area contributed by atoms with Crippen LogP contribution in [0.5, 0.6) is 0 Å². The SMILES string of the molecule is c1ccc2c(c1)Cc1c(-c3ccc(N(c4ccc5ccccc5c4)c4ccc5ccccc5c4)cc3)cccc1-2. The predicted molar refractivity (Wildman–Crippen MR) is 170 cm³/mol. The maximum absolute atomic E-state index is 2.37. The Bertz CT molecular complexity index is 1950. The minimum absolute atomic E-state index is 0.990. The molecule has 0 radical (unpaired) electrons. The number of hydrogen-bond donors (Lipinski definition) is 0. The topological polar surface area (TPSA) is 3.24 Å². The average Bonchev–Trinajstić information content (AvgIpc) is 3.40. The fourth-order valence-electron chi connectivity index (χ4n) is 6.30. The number of benzene rings is 7. The first kappa shape index (κ1) is 22.8. The molecule has 1 heteroatoms. The van der Waals surface area contributed by atoms with Crippen molar-refractivity contribution >= 4 is 38.6 Å². The van der Waals surface area contributed by atoms with Gasteiger partial charge in [0, 0.05) is 17.1 Å². The van der Waals surface area contributed by atoms with Crippen molar-refractivity contribution in [1.29, 1.82) is 0 Å². The molecule has 0 heterocycles. The fourth-order valence-corrected chi connectivity index (χ4v) is 6.30. The second-order valence-electron chi connectivity index (χ2n) is 10.6. The Morgan fingerprint density at radius 3 is 1.57 bits per heavy atom. The van der Waals surface area contributed by atoms with Crippen LogP contribution in [0.4, 0.5) is 17.1 Å². The third-order valence-electron chi connectivity index (χ3n) is 8.27. The number of hydrogen-bond acceptors (Lipinski definition) is 1. The summed E-state index contributed by atoms with van der Waals surface area (Å²) in [7, 11) is 0. The smallest absolute Gasteiger partial charge is 0.0468 e. The number of nitrogens with zero attached hydrogens (tertiary/aromatic N) is 1. The van der Waals surface area contributed by atoms with Crippen molar-refractivity contribution in [3.8, 4) is 22.3 Å². The molecule has 7 aromatic rings. The van der Waals surface area contributed by atoms with Crippen LogP contribution in [0.2, 0.25) is 0 Å². The Morgan fingerprint density at radius 1 is 0.375 bits per heavy atom. The van der Waals surface area contributed by atoms with E-state index < -0.39 is 0 Å². The molecule has 8 rings (SSSR count). The molecular formula is C39H27N. The zero-order chi connectivity index (χ0) is 26.5. The molecule has 0 saturated heterocycles. The van der Waals surface area contributed by atoms with Gasteiger partial charge in [0.05, 0.1) is 0 Å². The van der Waals surface area contributed by atoms with E-state index in [0.717, 1.165) is 23.5 Å². The van der Waals surface area contributed by atoms with Gasteiger partial charge in [0.2, 0.25) is 0 Å². The highest BCUT2D eigenvalue weighted by molar-refractivity contribution is 5.93. The molecule has 0 atom stereocenters. The second kappa shape index (κ2) is 9.25. The molecule has 1 aliphatic carbocycles. The predicted octanol–water partition coefficient (Wildman–Crippen LogP) is 10.7. The van der Waals surface area contributed by atoms with Gasteiger partial charge in [-0.15, -0.1) is 0 Å². The van der Waals surface area contributed by atoms with Gasteiger partial charge in [-0.1, -0.05) is 115 Å². The van der Waals surface area contributed by atoms with E-state index in [4.69, 9.17) is 0 Å². The maximum atomic E-state index is 2.37. The molecule has 0 unspecified atom stereocenters. The van der Waals surface area contributed by atoms with Gasteiger partial charge in [0.15, 0.2) is 0 Å². The van der Waals surface area contributed by atoms with E-state index in [1.807, 2.05) is 0 Å². The summed E-state index contributed by atoms with van der Waals surface area (Å²) in [4.78, 5) is 2.37. The van der Waals surface area contributed by atoms with Crippen LogP contribution in [0.25, 0.3) is 43.8 Å². The van der Waals surface area contributed by atoms with Crippen molar-refractivity contribution < 1.29 is 0 Å². The molecule has 0 bridgehead atoms. The zero-order valence-corrected chi connectivity index (χ0v) is 22.1. The van der Waals surface area contributed by atoms with E-state index in [-0.39, 0.29) is 0 Å². The lowest BCUT2D eigenvalue weighted by Gasteiger charge is -2.26. The molecule has 0 saturated carbocycles. The van der Waals surface area contributed by atoms with Crippen LogP contribution in [0.15, 0.2) is 152 Å². The van der Waals surface area contributed by atoms with E-state index in [2.05, 4.69) is 157 Å². The number of fused-ring (bicyclic) bond motifs is 5. The Hall–Kier alpha value is -5.14. The second-order valence-corrected chi connectivity index (χ2v) is 10.6. The first-order chi connectivity index (χ1) is 19.8. The quantitative estimate of drug-likeness (QED) is 0.228. The molecule has 0 amide bonds. The van der Waals surface area contributed by atoms with Gasteiger partial charge in [0.25, 0.3) is 0 Å². The number of rotatable bonds is 4. The summed E-state index contributed by atoms with van der Waals surface area (Å²) in [5.74, 6) is 0. The normalized spacial score (nSPS) is 11.9. The van der Waals surface area contributed by atoms with Crippen molar-refractivity contribution in [2.75, 3.05) is 4.90 Å². The molecule has 188 valence electrons. The van der Waals surface area contributed by atoms with Crippen molar-refractivity contribution in [1.82, 2.24) is 0 Å². The van der Waals surface area contributed by atoms with Crippen molar-refractivity contribution in [3.63, 3.8) is 0 Å². The highest BCUT2D eigenvalue weighted by Gasteiger charge is 2.21. The molecule has 40 heavy (non-hydrogen) atoms. The molecule has 0 N–H and O–H groups in total. The summed E-state index contributed by atoms with van der Waals surface area (Å²) < 4.78 is 0. The highest BCUT2D eigenvalue weighted by Crippen LogP contribution is 2.43. The molecule has 1 aliphatic rings. The summed E-state index contributed by atoms with van der Waals surface area (Å²) in [6.07, 6.45) is 0.990. The Kier molecular flexibility index (Phi) is 5.28. The van der Waals surface area contributed by atoms with Crippen LogP contribution in [0.1, 0.15) is 11.1 Å². The van der Waals surface area contributed by atoms with Gasteiger partial charge in [-0.25, -0.2) is 0 Å².